The maximum Gasteiger partial charge on any atom is 0.137 e. The molecule has 0 spiro atoms. The van der Waals surface area contributed by atoms with Crippen LogP contribution in [0.4, 0.5) is 0 Å². The van der Waals surface area contributed by atoms with Gasteiger partial charge in [-0.2, -0.15) is 5.26 Å². The maximum absolute atomic E-state index is 8.98. The molecule has 0 aromatic heterocycles. The maximum atomic E-state index is 8.98. The van der Waals surface area contributed by atoms with Crippen LogP contribution in [0, 0.1) is 25.2 Å². The minimum Gasteiger partial charge on any atom is -0.488 e. The summed E-state index contributed by atoms with van der Waals surface area (Å²) in [4.78, 5) is 0. The lowest BCUT2D eigenvalue weighted by molar-refractivity contribution is 0.304. The fraction of sp³-hybridized carbons (Fsp3) is 0.188. The number of nitriles is 1. The molecule has 0 heterocycles. The summed E-state index contributed by atoms with van der Waals surface area (Å²) in [5, 5.41) is 8.98. The first-order valence-electron chi connectivity index (χ1n) is 5.89. The van der Waals surface area contributed by atoms with Crippen molar-refractivity contribution in [3.05, 3.63) is 64.7 Å². The molecule has 0 aliphatic rings. The topological polar surface area (TPSA) is 33.0 Å². The fourth-order valence-electron chi connectivity index (χ4n) is 1.80. The summed E-state index contributed by atoms with van der Waals surface area (Å²) in [6, 6.07) is 15.7. The first-order chi connectivity index (χ1) is 8.70. The van der Waals surface area contributed by atoms with E-state index in [0.29, 0.717) is 17.9 Å². The monoisotopic (exact) mass is 237 g/mol. The van der Waals surface area contributed by atoms with Gasteiger partial charge in [-0.05, 0) is 37.1 Å². The average molecular weight is 237 g/mol. The highest BCUT2D eigenvalue weighted by atomic mass is 16.5. The number of ether oxygens (including phenoxy) is 1. The zero-order chi connectivity index (χ0) is 13.0. The van der Waals surface area contributed by atoms with E-state index in [9.17, 15) is 0 Å². The van der Waals surface area contributed by atoms with Crippen molar-refractivity contribution in [2.75, 3.05) is 0 Å². The van der Waals surface area contributed by atoms with Gasteiger partial charge < -0.3 is 4.74 Å². The molecule has 2 heteroatoms. The quantitative estimate of drug-likeness (QED) is 0.814. The van der Waals surface area contributed by atoms with Gasteiger partial charge in [0.15, 0.2) is 0 Å². The van der Waals surface area contributed by atoms with E-state index in [-0.39, 0.29) is 0 Å². The minimum atomic E-state index is 0.492. The summed E-state index contributed by atoms with van der Waals surface area (Å²) in [5.41, 5.74) is 4.15. The molecular weight excluding hydrogens is 222 g/mol. The van der Waals surface area contributed by atoms with Crippen LogP contribution in [0.5, 0.6) is 5.75 Å². The lowest BCUT2D eigenvalue weighted by Crippen LogP contribution is -1.99. The SMILES string of the molecule is Cc1ccc(C)c(COc2ccccc2C#N)c1. The molecule has 0 amide bonds. The van der Waals surface area contributed by atoms with Crippen LogP contribution < -0.4 is 4.74 Å². The molecule has 0 bridgehead atoms. The summed E-state index contributed by atoms with van der Waals surface area (Å²) in [5.74, 6) is 0.640. The van der Waals surface area contributed by atoms with Gasteiger partial charge >= 0.3 is 0 Å². The van der Waals surface area contributed by atoms with Gasteiger partial charge in [0, 0.05) is 0 Å². The van der Waals surface area contributed by atoms with Crippen molar-refractivity contribution < 1.29 is 4.74 Å². The molecule has 0 aliphatic carbocycles. The van der Waals surface area contributed by atoms with Gasteiger partial charge in [-0.25, -0.2) is 0 Å². The third-order valence-corrected chi connectivity index (χ3v) is 2.90. The average Bonchev–Trinajstić information content (AvgIpc) is 2.40. The number of hydrogen-bond donors (Lipinski definition) is 0. The largest absolute Gasteiger partial charge is 0.488 e. The van der Waals surface area contributed by atoms with Gasteiger partial charge in [-0.1, -0.05) is 35.9 Å². The molecule has 0 atom stereocenters. The third kappa shape index (κ3) is 2.70. The number of rotatable bonds is 3. The van der Waals surface area contributed by atoms with E-state index in [4.69, 9.17) is 10.00 Å². The van der Waals surface area contributed by atoms with E-state index in [2.05, 4.69) is 38.1 Å². The molecule has 2 nitrogen and oxygen atoms in total. The zero-order valence-corrected chi connectivity index (χ0v) is 10.6. The van der Waals surface area contributed by atoms with Crippen LogP contribution in [0.25, 0.3) is 0 Å². The molecule has 0 aliphatic heterocycles. The van der Waals surface area contributed by atoms with Crippen LogP contribution in [0.2, 0.25) is 0 Å². The highest BCUT2D eigenvalue weighted by Crippen LogP contribution is 2.19. The Morgan fingerprint density at radius 3 is 2.67 bits per heavy atom. The summed E-state index contributed by atoms with van der Waals surface area (Å²) >= 11 is 0. The fourth-order valence-corrected chi connectivity index (χ4v) is 1.80. The predicted molar refractivity (Wildman–Crippen MR) is 71.4 cm³/mol. The molecular formula is C16H15NO. The Morgan fingerprint density at radius 2 is 1.89 bits per heavy atom. The molecule has 2 aromatic carbocycles. The van der Waals surface area contributed by atoms with E-state index >= 15 is 0 Å². The molecule has 0 radical (unpaired) electrons. The lowest BCUT2D eigenvalue weighted by Gasteiger charge is -2.10. The Hall–Kier alpha value is -2.27. The van der Waals surface area contributed by atoms with E-state index in [1.54, 1.807) is 6.07 Å². The van der Waals surface area contributed by atoms with Crippen LogP contribution >= 0.6 is 0 Å². The van der Waals surface area contributed by atoms with Gasteiger partial charge in [0.25, 0.3) is 0 Å². The molecule has 0 unspecified atom stereocenters. The first kappa shape index (κ1) is 12.2. The van der Waals surface area contributed by atoms with Crippen LogP contribution in [0.3, 0.4) is 0 Å². The number of para-hydroxylation sites is 1. The molecule has 0 fully saturated rings. The van der Waals surface area contributed by atoms with Gasteiger partial charge in [0.05, 0.1) is 5.56 Å². The van der Waals surface area contributed by atoms with E-state index in [0.717, 1.165) is 5.56 Å². The highest BCUT2D eigenvalue weighted by molar-refractivity contribution is 5.42. The second-order valence-corrected chi connectivity index (χ2v) is 4.33. The summed E-state index contributed by atoms with van der Waals surface area (Å²) in [6.45, 7) is 4.62. The van der Waals surface area contributed by atoms with Crippen molar-refractivity contribution in [1.82, 2.24) is 0 Å². The molecule has 0 saturated carbocycles. The van der Waals surface area contributed by atoms with Crippen molar-refractivity contribution in [2.24, 2.45) is 0 Å². The van der Waals surface area contributed by atoms with Gasteiger partial charge in [-0.3, -0.25) is 0 Å². The Balaban J connectivity index is 2.17. The van der Waals surface area contributed by atoms with Crippen LogP contribution in [0.1, 0.15) is 22.3 Å². The normalized spacial score (nSPS) is 9.83. The summed E-state index contributed by atoms with van der Waals surface area (Å²) < 4.78 is 5.73. The Bertz CT molecular complexity index is 596. The van der Waals surface area contributed by atoms with Crippen molar-refractivity contribution in [1.29, 1.82) is 5.26 Å². The van der Waals surface area contributed by atoms with E-state index in [1.807, 2.05) is 18.2 Å². The van der Waals surface area contributed by atoms with Crippen molar-refractivity contribution in [2.45, 2.75) is 20.5 Å². The van der Waals surface area contributed by atoms with Crippen LogP contribution in [-0.2, 0) is 6.61 Å². The molecule has 2 rings (SSSR count). The number of nitrogens with zero attached hydrogens (tertiary/aromatic N) is 1. The second kappa shape index (κ2) is 5.37. The molecule has 18 heavy (non-hydrogen) atoms. The second-order valence-electron chi connectivity index (χ2n) is 4.33. The van der Waals surface area contributed by atoms with Crippen LogP contribution in [-0.4, -0.2) is 0 Å². The molecule has 0 saturated heterocycles. The number of benzene rings is 2. The summed E-state index contributed by atoms with van der Waals surface area (Å²) in [7, 11) is 0. The standard InChI is InChI=1S/C16H15NO/c1-12-7-8-13(2)15(9-12)11-18-16-6-4-3-5-14(16)10-17/h3-9H,11H2,1-2H3. The Morgan fingerprint density at radius 1 is 1.11 bits per heavy atom. The van der Waals surface area contributed by atoms with E-state index < -0.39 is 0 Å². The minimum absolute atomic E-state index is 0.492. The van der Waals surface area contributed by atoms with Gasteiger partial charge in [-0.15, -0.1) is 0 Å². The van der Waals surface area contributed by atoms with Crippen molar-refractivity contribution >= 4 is 0 Å². The highest BCUT2D eigenvalue weighted by Gasteiger charge is 2.04. The molecule has 90 valence electrons. The smallest absolute Gasteiger partial charge is 0.137 e. The van der Waals surface area contributed by atoms with Crippen molar-refractivity contribution in [3.8, 4) is 11.8 Å². The van der Waals surface area contributed by atoms with Gasteiger partial charge in [0.2, 0.25) is 0 Å². The molecule has 0 N–H and O–H groups in total. The Labute approximate surface area is 107 Å². The first-order valence-corrected chi connectivity index (χ1v) is 5.89. The zero-order valence-electron chi connectivity index (χ0n) is 10.6. The van der Waals surface area contributed by atoms with Crippen LogP contribution in [0.15, 0.2) is 42.5 Å². The molecule has 2 aromatic rings. The Kier molecular flexibility index (Phi) is 3.64. The van der Waals surface area contributed by atoms with Crippen molar-refractivity contribution in [3.63, 3.8) is 0 Å². The third-order valence-electron chi connectivity index (χ3n) is 2.90. The lowest BCUT2D eigenvalue weighted by atomic mass is 10.1. The summed E-state index contributed by atoms with van der Waals surface area (Å²) in [6.07, 6.45) is 0. The van der Waals surface area contributed by atoms with Gasteiger partial charge in [0.1, 0.15) is 18.4 Å². The van der Waals surface area contributed by atoms with E-state index in [1.165, 1.54) is 11.1 Å². The number of hydrogen-bond acceptors (Lipinski definition) is 2. The number of aryl methyl sites for hydroxylation is 2. The predicted octanol–water partition coefficient (Wildman–Crippen LogP) is 3.75.